The summed E-state index contributed by atoms with van der Waals surface area (Å²) in [7, 11) is 0. The summed E-state index contributed by atoms with van der Waals surface area (Å²) in [6.07, 6.45) is 0.520. The van der Waals surface area contributed by atoms with E-state index in [-0.39, 0.29) is 24.0 Å². The lowest BCUT2D eigenvalue weighted by Gasteiger charge is -2.10. The van der Waals surface area contributed by atoms with Gasteiger partial charge in [-0.3, -0.25) is 4.79 Å². The van der Waals surface area contributed by atoms with Crippen LogP contribution in [-0.2, 0) is 11.2 Å². The van der Waals surface area contributed by atoms with Crippen molar-refractivity contribution < 1.29 is 19.7 Å². The number of phenolic OH excluding ortho intramolecular Hbond substituents is 2. The van der Waals surface area contributed by atoms with E-state index in [1.807, 2.05) is 36.4 Å². The van der Waals surface area contributed by atoms with Crippen LogP contribution in [0.2, 0.25) is 5.02 Å². The largest absolute Gasteiger partial charge is 0.504 e. The smallest absolute Gasteiger partial charge is 0.257 e. The first-order valence-corrected chi connectivity index (χ1v) is 9.16. The Balaban J connectivity index is 1.48. The predicted molar refractivity (Wildman–Crippen MR) is 109 cm³/mol. The van der Waals surface area contributed by atoms with Gasteiger partial charge in [0.2, 0.25) is 0 Å². The van der Waals surface area contributed by atoms with Gasteiger partial charge in [0, 0.05) is 6.54 Å². The third-order valence-corrected chi connectivity index (χ3v) is 4.47. The highest BCUT2D eigenvalue weighted by atomic mass is 35.5. The fourth-order valence-electron chi connectivity index (χ4n) is 2.69. The lowest BCUT2D eigenvalue weighted by molar-refractivity contribution is -0.123. The molecule has 28 heavy (non-hydrogen) atoms. The van der Waals surface area contributed by atoms with Crippen molar-refractivity contribution in [2.75, 3.05) is 13.2 Å². The van der Waals surface area contributed by atoms with Crippen molar-refractivity contribution in [2.45, 2.75) is 6.42 Å². The number of aromatic hydroxyl groups is 2. The molecule has 144 valence electrons. The van der Waals surface area contributed by atoms with E-state index in [4.69, 9.17) is 16.3 Å². The van der Waals surface area contributed by atoms with Crippen molar-refractivity contribution in [3.63, 3.8) is 0 Å². The molecular weight excluding hydrogens is 378 g/mol. The van der Waals surface area contributed by atoms with Gasteiger partial charge in [0.05, 0.1) is 5.02 Å². The fraction of sp³-hybridized carbons (Fsp3) is 0.136. The number of rotatable bonds is 7. The van der Waals surface area contributed by atoms with Gasteiger partial charge in [-0.1, -0.05) is 54.1 Å². The molecule has 0 aliphatic heterocycles. The number of halogens is 1. The van der Waals surface area contributed by atoms with E-state index in [1.54, 1.807) is 18.2 Å². The molecule has 0 aliphatic rings. The highest BCUT2D eigenvalue weighted by Gasteiger charge is 2.08. The maximum atomic E-state index is 12.0. The molecule has 0 bridgehead atoms. The van der Waals surface area contributed by atoms with E-state index in [0.717, 1.165) is 16.7 Å². The zero-order valence-corrected chi connectivity index (χ0v) is 15.8. The van der Waals surface area contributed by atoms with Gasteiger partial charge in [0.25, 0.3) is 5.91 Å². The Kier molecular flexibility index (Phi) is 6.40. The molecule has 3 aromatic carbocycles. The SMILES string of the molecule is O=C(COc1ccc(-c2ccccc2)cc1Cl)NCCc1ccc(O)c(O)c1. The first-order chi connectivity index (χ1) is 13.5. The summed E-state index contributed by atoms with van der Waals surface area (Å²) in [6, 6.07) is 19.9. The minimum absolute atomic E-state index is 0.148. The first kappa shape index (κ1) is 19.6. The van der Waals surface area contributed by atoms with Crippen LogP contribution in [0, 0.1) is 0 Å². The highest BCUT2D eigenvalue weighted by molar-refractivity contribution is 6.32. The molecule has 1 amide bonds. The van der Waals surface area contributed by atoms with Gasteiger partial charge < -0.3 is 20.3 Å². The second-order valence-corrected chi connectivity index (χ2v) is 6.63. The number of ether oxygens (including phenoxy) is 1. The molecule has 3 N–H and O–H groups in total. The van der Waals surface area contributed by atoms with Gasteiger partial charge in [-0.05, 0) is 47.4 Å². The van der Waals surface area contributed by atoms with Crippen molar-refractivity contribution in [3.05, 3.63) is 77.3 Å². The van der Waals surface area contributed by atoms with E-state index in [1.165, 1.54) is 12.1 Å². The second kappa shape index (κ2) is 9.15. The number of nitrogens with one attached hydrogen (secondary N) is 1. The zero-order valence-electron chi connectivity index (χ0n) is 15.1. The lowest BCUT2D eigenvalue weighted by atomic mass is 10.1. The number of amides is 1. The quantitative estimate of drug-likeness (QED) is 0.523. The maximum Gasteiger partial charge on any atom is 0.257 e. The average molecular weight is 398 g/mol. The molecule has 3 aromatic rings. The van der Waals surface area contributed by atoms with E-state index < -0.39 is 0 Å². The van der Waals surface area contributed by atoms with Crippen LogP contribution in [0.5, 0.6) is 17.2 Å². The molecule has 6 heteroatoms. The van der Waals surface area contributed by atoms with Crippen LogP contribution in [0.25, 0.3) is 11.1 Å². The summed E-state index contributed by atoms with van der Waals surface area (Å²) in [6.45, 7) is 0.234. The molecule has 0 spiro atoms. The minimum atomic E-state index is -0.272. The monoisotopic (exact) mass is 397 g/mol. The Morgan fingerprint density at radius 1 is 0.929 bits per heavy atom. The van der Waals surface area contributed by atoms with Crippen LogP contribution in [-0.4, -0.2) is 29.3 Å². The van der Waals surface area contributed by atoms with Crippen LogP contribution in [0.3, 0.4) is 0 Å². The summed E-state index contributed by atoms with van der Waals surface area (Å²) in [5.74, 6) is -0.178. The summed E-state index contributed by atoms with van der Waals surface area (Å²) < 4.78 is 5.51. The number of hydrogen-bond donors (Lipinski definition) is 3. The molecule has 0 saturated heterocycles. The van der Waals surface area contributed by atoms with Crippen LogP contribution in [0.15, 0.2) is 66.7 Å². The molecule has 0 saturated carbocycles. The van der Waals surface area contributed by atoms with Gasteiger partial charge in [-0.15, -0.1) is 0 Å². The minimum Gasteiger partial charge on any atom is -0.504 e. The molecule has 3 rings (SSSR count). The third kappa shape index (κ3) is 5.18. The van der Waals surface area contributed by atoms with Crippen molar-refractivity contribution in [1.29, 1.82) is 0 Å². The van der Waals surface area contributed by atoms with Gasteiger partial charge in [0.1, 0.15) is 5.75 Å². The first-order valence-electron chi connectivity index (χ1n) is 8.78. The van der Waals surface area contributed by atoms with E-state index in [9.17, 15) is 15.0 Å². The summed E-state index contributed by atoms with van der Waals surface area (Å²) in [4.78, 5) is 12.0. The molecule has 0 aliphatic carbocycles. The van der Waals surface area contributed by atoms with Gasteiger partial charge >= 0.3 is 0 Å². The van der Waals surface area contributed by atoms with Crippen molar-refractivity contribution in [3.8, 4) is 28.4 Å². The molecule has 0 unspecified atom stereocenters. The van der Waals surface area contributed by atoms with Crippen molar-refractivity contribution in [2.24, 2.45) is 0 Å². The fourth-order valence-corrected chi connectivity index (χ4v) is 2.93. The zero-order chi connectivity index (χ0) is 19.9. The molecule has 0 aromatic heterocycles. The summed E-state index contributed by atoms with van der Waals surface area (Å²) in [5, 5.41) is 21.9. The van der Waals surface area contributed by atoms with Crippen molar-refractivity contribution in [1.82, 2.24) is 5.32 Å². The molecule has 0 radical (unpaired) electrons. The standard InChI is InChI=1S/C22H20ClNO4/c23-18-13-17(16-4-2-1-3-5-16)7-9-21(18)28-14-22(27)24-11-10-15-6-8-19(25)20(26)12-15/h1-9,12-13,25-26H,10-11,14H2,(H,24,27). The van der Waals surface area contributed by atoms with Gasteiger partial charge in [0.15, 0.2) is 18.1 Å². The maximum absolute atomic E-state index is 12.0. The Bertz CT molecular complexity index is 960. The molecule has 0 heterocycles. The van der Waals surface area contributed by atoms with Gasteiger partial charge in [-0.2, -0.15) is 0 Å². The highest BCUT2D eigenvalue weighted by Crippen LogP contribution is 2.30. The lowest BCUT2D eigenvalue weighted by Crippen LogP contribution is -2.30. The predicted octanol–water partition coefficient (Wildman–Crippen LogP) is 4.16. The molecular formula is C22H20ClNO4. The van der Waals surface area contributed by atoms with E-state index >= 15 is 0 Å². The normalized spacial score (nSPS) is 10.5. The molecule has 0 fully saturated rings. The van der Waals surface area contributed by atoms with E-state index in [2.05, 4.69) is 5.32 Å². The van der Waals surface area contributed by atoms with Gasteiger partial charge in [-0.25, -0.2) is 0 Å². The van der Waals surface area contributed by atoms with E-state index in [0.29, 0.717) is 23.7 Å². The van der Waals surface area contributed by atoms with Crippen molar-refractivity contribution >= 4 is 17.5 Å². The number of carbonyl (C=O) groups excluding carboxylic acids is 1. The topological polar surface area (TPSA) is 78.8 Å². The Morgan fingerprint density at radius 2 is 1.71 bits per heavy atom. The van der Waals surface area contributed by atoms with Crippen LogP contribution in [0.4, 0.5) is 0 Å². The van der Waals surface area contributed by atoms with Crippen LogP contribution < -0.4 is 10.1 Å². The summed E-state index contributed by atoms with van der Waals surface area (Å²) in [5.41, 5.74) is 2.82. The van der Waals surface area contributed by atoms with Crippen LogP contribution in [0.1, 0.15) is 5.56 Å². The van der Waals surface area contributed by atoms with Crippen LogP contribution >= 0.6 is 11.6 Å². The Morgan fingerprint density at radius 3 is 2.43 bits per heavy atom. The number of carbonyl (C=O) groups is 1. The number of hydrogen-bond acceptors (Lipinski definition) is 4. The second-order valence-electron chi connectivity index (χ2n) is 6.22. The number of phenols is 2. The Hall–Kier alpha value is -3.18. The third-order valence-electron chi connectivity index (χ3n) is 4.17. The average Bonchev–Trinajstić information content (AvgIpc) is 2.70. The summed E-state index contributed by atoms with van der Waals surface area (Å²) >= 11 is 6.27. The molecule has 5 nitrogen and oxygen atoms in total. The Labute approximate surface area is 168 Å². The number of benzene rings is 3. The molecule has 0 atom stereocenters.